The highest BCUT2D eigenvalue weighted by molar-refractivity contribution is 14.1. The number of nitriles is 1. The molecule has 0 atom stereocenters. The van der Waals surface area contributed by atoms with Gasteiger partial charge in [-0.3, -0.25) is 0 Å². The number of carbonyl (C=O) groups is 1. The molecule has 0 aliphatic rings. The Morgan fingerprint density at radius 2 is 2.23 bits per heavy atom. The fraction of sp³-hybridized carbons (Fsp3) is 0.111. The predicted molar refractivity (Wildman–Crippen MR) is 55.6 cm³/mol. The van der Waals surface area contributed by atoms with Crippen LogP contribution in [-0.4, -0.2) is 11.1 Å². The molecular weight excluding hydrogens is 281 g/mol. The van der Waals surface area contributed by atoms with E-state index in [1.165, 1.54) is 6.07 Å². The van der Waals surface area contributed by atoms with Gasteiger partial charge in [0, 0.05) is 3.57 Å². The molecule has 0 saturated heterocycles. The van der Waals surface area contributed by atoms with E-state index in [4.69, 9.17) is 10.4 Å². The number of aromatic carboxylic acids is 1. The molecule has 66 valence electrons. The minimum Gasteiger partial charge on any atom is -0.478 e. The van der Waals surface area contributed by atoms with Gasteiger partial charge < -0.3 is 5.11 Å². The molecule has 0 spiro atoms. The van der Waals surface area contributed by atoms with Crippen LogP contribution in [0.4, 0.5) is 0 Å². The summed E-state index contributed by atoms with van der Waals surface area (Å²) in [5.41, 5.74) is 1.02. The van der Waals surface area contributed by atoms with E-state index in [2.05, 4.69) is 0 Å². The van der Waals surface area contributed by atoms with Gasteiger partial charge in [0.25, 0.3) is 0 Å². The Balaban J connectivity index is 3.50. The monoisotopic (exact) mass is 287 g/mol. The number of aryl methyl sites for hydroxylation is 1. The van der Waals surface area contributed by atoms with E-state index in [0.29, 0.717) is 5.56 Å². The van der Waals surface area contributed by atoms with Crippen LogP contribution in [0, 0.1) is 21.8 Å². The van der Waals surface area contributed by atoms with Crippen LogP contribution in [-0.2, 0) is 0 Å². The normalized spacial score (nSPS) is 9.31. The van der Waals surface area contributed by atoms with Crippen molar-refractivity contribution in [3.8, 4) is 6.07 Å². The van der Waals surface area contributed by atoms with Gasteiger partial charge in [-0.15, -0.1) is 0 Å². The SMILES string of the molecule is Cc1cc(I)cc(C(=O)O)c1C#N. The summed E-state index contributed by atoms with van der Waals surface area (Å²) >= 11 is 2.02. The number of rotatable bonds is 1. The summed E-state index contributed by atoms with van der Waals surface area (Å²) in [5, 5.41) is 17.5. The van der Waals surface area contributed by atoms with Crippen molar-refractivity contribution < 1.29 is 9.90 Å². The molecule has 0 bridgehead atoms. The van der Waals surface area contributed by atoms with Crippen molar-refractivity contribution in [3.05, 3.63) is 32.4 Å². The molecule has 1 rings (SSSR count). The van der Waals surface area contributed by atoms with E-state index >= 15 is 0 Å². The van der Waals surface area contributed by atoms with Crippen LogP contribution in [0.15, 0.2) is 12.1 Å². The van der Waals surface area contributed by atoms with Crippen LogP contribution in [0.5, 0.6) is 0 Å². The molecule has 4 heteroatoms. The Morgan fingerprint density at radius 3 is 2.69 bits per heavy atom. The van der Waals surface area contributed by atoms with Crippen LogP contribution in [0.2, 0.25) is 0 Å². The van der Waals surface area contributed by atoms with Gasteiger partial charge in [0.15, 0.2) is 0 Å². The second-order valence-corrected chi connectivity index (χ2v) is 3.81. The number of benzene rings is 1. The van der Waals surface area contributed by atoms with Crippen LogP contribution in [0.3, 0.4) is 0 Å². The minimum absolute atomic E-state index is 0.0758. The fourth-order valence-corrected chi connectivity index (χ4v) is 1.84. The Bertz CT molecular complexity index is 407. The van der Waals surface area contributed by atoms with Gasteiger partial charge in [-0.25, -0.2) is 4.79 Å². The largest absolute Gasteiger partial charge is 0.478 e. The lowest BCUT2D eigenvalue weighted by Crippen LogP contribution is -2.02. The summed E-state index contributed by atoms with van der Waals surface area (Å²) in [6.45, 7) is 1.73. The lowest BCUT2D eigenvalue weighted by molar-refractivity contribution is 0.0696. The summed E-state index contributed by atoms with van der Waals surface area (Å²) in [6.07, 6.45) is 0. The maximum absolute atomic E-state index is 10.7. The maximum Gasteiger partial charge on any atom is 0.337 e. The summed E-state index contributed by atoms with van der Waals surface area (Å²) in [7, 11) is 0. The van der Waals surface area contributed by atoms with Crippen molar-refractivity contribution in [2.24, 2.45) is 0 Å². The lowest BCUT2D eigenvalue weighted by Gasteiger charge is -2.02. The second kappa shape index (κ2) is 3.75. The molecule has 1 aromatic carbocycles. The van der Waals surface area contributed by atoms with E-state index in [0.717, 1.165) is 3.57 Å². The van der Waals surface area contributed by atoms with Crippen LogP contribution >= 0.6 is 22.6 Å². The van der Waals surface area contributed by atoms with Crippen molar-refractivity contribution in [1.82, 2.24) is 0 Å². The average Bonchev–Trinajstić information content (AvgIpc) is 2.02. The van der Waals surface area contributed by atoms with E-state index in [-0.39, 0.29) is 11.1 Å². The van der Waals surface area contributed by atoms with Crippen molar-refractivity contribution in [2.75, 3.05) is 0 Å². The quantitative estimate of drug-likeness (QED) is 0.805. The fourth-order valence-electron chi connectivity index (χ4n) is 1.06. The van der Waals surface area contributed by atoms with E-state index < -0.39 is 5.97 Å². The molecule has 0 amide bonds. The molecule has 0 aliphatic carbocycles. The van der Waals surface area contributed by atoms with Crippen LogP contribution in [0.25, 0.3) is 0 Å². The molecule has 0 aromatic heterocycles. The first-order chi connectivity index (χ1) is 6.06. The first kappa shape index (κ1) is 9.99. The highest BCUT2D eigenvalue weighted by atomic mass is 127. The van der Waals surface area contributed by atoms with Gasteiger partial charge in [-0.1, -0.05) is 0 Å². The average molecular weight is 287 g/mol. The molecule has 0 unspecified atom stereocenters. The zero-order chi connectivity index (χ0) is 10.0. The summed E-state index contributed by atoms with van der Waals surface area (Å²) in [6, 6.07) is 5.17. The molecule has 0 aliphatic heterocycles. The van der Waals surface area contributed by atoms with Gasteiger partial charge in [-0.05, 0) is 47.2 Å². The molecule has 3 nitrogen and oxygen atoms in total. The topological polar surface area (TPSA) is 61.1 Å². The first-order valence-corrected chi connectivity index (χ1v) is 4.57. The molecule has 13 heavy (non-hydrogen) atoms. The van der Waals surface area contributed by atoms with Gasteiger partial charge in [0.2, 0.25) is 0 Å². The number of carboxylic acid groups (broad SMARTS) is 1. The summed E-state index contributed by atoms with van der Waals surface area (Å²) < 4.78 is 0.825. The van der Waals surface area contributed by atoms with Gasteiger partial charge in [-0.2, -0.15) is 5.26 Å². The molecular formula is C9H6INO2. The molecule has 1 aromatic rings. The first-order valence-electron chi connectivity index (χ1n) is 3.50. The Hall–Kier alpha value is -1.09. The number of hydrogen-bond acceptors (Lipinski definition) is 2. The molecule has 0 radical (unpaired) electrons. The molecule has 0 saturated carbocycles. The summed E-state index contributed by atoms with van der Waals surface area (Å²) in [4.78, 5) is 10.7. The van der Waals surface area contributed by atoms with E-state index in [1.54, 1.807) is 13.0 Å². The zero-order valence-corrected chi connectivity index (χ0v) is 8.99. The minimum atomic E-state index is -1.06. The van der Waals surface area contributed by atoms with Crippen molar-refractivity contribution in [2.45, 2.75) is 6.92 Å². The number of nitrogens with zero attached hydrogens (tertiary/aromatic N) is 1. The van der Waals surface area contributed by atoms with Gasteiger partial charge in [0.1, 0.15) is 6.07 Å². The Labute approximate surface area is 89.1 Å². The number of carboxylic acids is 1. The van der Waals surface area contributed by atoms with Crippen molar-refractivity contribution in [1.29, 1.82) is 5.26 Å². The molecule has 1 N–H and O–H groups in total. The predicted octanol–water partition coefficient (Wildman–Crippen LogP) is 2.17. The number of halogens is 1. The maximum atomic E-state index is 10.7. The molecule has 0 fully saturated rings. The van der Waals surface area contributed by atoms with Crippen LogP contribution in [0.1, 0.15) is 21.5 Å². The summed E-state index contributed by atoms with van der Waals surface area (Å²) in [5.74, 6) is -1.06. The third kappa shape index (κ3) is 1.98. The highest BCUT2D eigenvalue weighted by Crippen LogP contribution is 2.17. The molecule has 0 heterocycles. The Kier molecular flexibility index (Phi) is 2.88. The lowest BCUT2D eigenvalue weighted by atomic mass is 10.0. The van der Waals surface area contributed by atoms with Gasteiger partial charge >= 0.3 is 5.97 Å². The third-order valence-corrected chi connectivity index (χ3v) is 2.27. The van der Waals surface area contributed by atoms with Crippen molar-refractivity contribution in [3.63, 3.8) is 0 Å². The third-order valence-electron chi connectivity index (χ3n) is 1.64. The van der Waals surface area contributed by atoms with Crippen LogP contribution < -0.4 is 0 Å². The van der Waals surface area contributed by atoms with E-state index in [9.17, 15) is 4.79 Å². The highest BCUT2D eigenvalue weighted by Gasteiger charge is 2.12. The van der Waals surface area contributed by atoms with Gasteiger partial charge in [0.05, 0.1) is 11.1 Å². The standard InChI is InChI=1S/C9H6INO2/c1-5-2-6(10)3-7(9(12)13)8(5)4-11/h2-3H,1H3,(H,12,13). The van der Waals surface area contributed by atoms with Crippen molar-refractivity contribution >= 4 is 28.6 Å². The number of hydrogen-bond donors (Lipinski definition) is 1. The zero-order valence-electron chi connectivity index (χ0n) is 6.84. The smallest absolute Gasteiger partial charge is 0.337 e. The Morgan fingerprint density at radius 1 is 1.62 bits per heavy atom. The second-order valence-electron chi connectivity index (χ2n) is 2.56. The van der Waals surface area contributed by atoms with E-state index in [1.807, 2.05) is 28.7 Å².